The van der Waals surface area contributed by atoms with Gasteiger partial charge < -0.3 is 14.6 Å². The summed E-state index contributed by atoms with van der Waals surface area (Å²) in [6.45, 7) is 0. The fraction of sp³-hybridized carbons (Fsp3) is 0.200. The minimum atomic E-state index is -0.798. The fourth-order valence-corrected chi connectivity index (χ4v) is 2.14. The lowest BCUT2D eigenvalue weighted by Gasteiger charge is -2.15. The molecule has 2 aromatic carbocycles. The van der Waals surface area contributed by atoms with E-state index in [2.05, 4.69) is 0 Å². The molecule has 0 saturated heterocycles. The molecule has 3 nitrogen and oxygen atoms in total. The molecule has 2 rings (SSSR count). The molecule has 0 aliphatic heterocycles. The number of hydrogen-bond acceptors (Lipinski definition) is 3. The van der Waals surface area contributed by atoms with Crippen molar-refractivity contribution in [2.45, 2.75) is 6.10 Å². The molecule has 2 aromatic rings. The lowest BCUT2D eigenvalue weighted by molar-refractivity contribution is 0.219. The minimum absolute atomic E-state index is 0.532. The van der Waals surface area contributed by atoms with Crippen LogP contribution in [0.1, 0.15) is 17.2 Å². The monoisotopic (exact) mass is 278 g/mol. The molecule has 0 heterocycles. The van der Waals surface area contributed by atoms with Gasteiger partial charge in [-0.3, -0.25) is 0 Å². The molecule has 0 amide bonds. The van der Waals surface area contributed by atoms with Crippen LogP contribution in [0.15, 0.2) is 42.5 Å². The molecule has 0 aliphatic carbocycles. The van der Waals surface area contributed by atoms with Gasteiger partial charge >= 0.3 is 0 Å². The van der Waals surface area contributed by atoms with Crippen molar-refractivity contribution < 1.29 is 14.6 Å². The molecule has 1 atom stereocenters. The molecule has 0 fully saturated rings. The maximum Gasteiger partial charge on any atom is 0.161 e. The number of hydrogen-bond donors (Lipinski definition) is 1. The van der Waals surface area contributed by atoms with Crippen molar-refractivity contribution in [3.63, 3.8) is 0 Å². The molecule has 0 aromatic heterocycles. The highest BCUT2D eigenvalue weighted by molar-refractivity contribution is 6.31. The summed E-state index contributed by atoms with van der Waals surface area (Å²) in [5, 5.41) is 10.9. The quantitative estimate of drug-likeness (QED) is 0.931. The van der Waals surface area contributed by atoms with Gasteiger partial charge in [0.15, 0.2) is 11.5 Å². The average Bonchev–Trinajstić information content (AvgIpc) is 2.46. The summed E-state index contributed by atoms with van der Waals surface area (Å²) in [7, 11) is 3.13. The summed E-state index contributed by atoms with van der Waals surface area (Å²) in [5.41, 5.74) is 1.36. The highest BCUT2D eigenvalue weighted by Gasteiger charge is 2.15. The molecule has 100 valence electrons. The Morgan fingerprint density at radius 1 is 1.00 bits per heavy atom. The van der Waals surface area contributed by atoms with Crippen molar-refractivity contribution in [2.75, 3.05) is 14.2 Å². The number of halogens is 1. The second-order valence-corrected chi connectivity index (χ2v) is 4.45. The van der Waals surface area contributed by atoms with Crippen molar-refractivity contribution in [1.29, 1.82) is 0 Å². The van der Waals surface area contributed by atoms with Gasteiger partial charge in [-0.15, -0.1) is 0 Å². The van der Waals surface area contributed by atoms with Gasteiger partial charge in [0.2, 0.25) is 0 Å². The Labute approximate surface area is 117 Å². The number of ether oxygens (including phenoxy) is 2. The molecule has 0 radical (unpaired) electrons. The van der Waals surface area contributed by atoms with Gasteiger partial charge in [0.05, 0.1) is 14.2 Å². The third-order valence-electron chi connectivity index (χ3n) is 2.92. The summed E-state index contributed by atoms with van der Waals surface area (Å²) in [4.78, 5) is 0. The maximum atomic E-state index is 10.4. The van der Waals surface area contributed by atoms with Crippen LogP contribution >= 0.6 is 11.6 Å². The standard InChI is InChI=1S/C15H15ClO3/c1-18-13-8-7-10(9-14(13)19-2)15(17)11-5-3-4-6-12(11)16/h3-9,15,17H,1-2H3. The molecule has 0 bridgehead atoms. The summed E-state index contributed by atoms with van der Waals surface area (Å²) in [5.74, 6) is 1.20. The number of aliphatic hydroxyl groups is 1. The Kier molecular flexibility index (Phi) is 4.30. The van der Waals surface area contributed by atoms with Crippen LogP contribution in [-0.4, -0.2) is 19.3 Å². The van der Waals surface area contributed by atoms with Crippen molar-refractivity contribution in [2.24, 2.45) is 0 Å². The zero-order valence-corrected chi connectivity index (χ0v) is 11.5. The maximum absolute atomic E-state index is 10.4. The number of rotatable bonds is 4. The van der Waals surface area contributed by atoms with Gasteiger partial charge in [-0.2, -0.15) is 0 Å². The van der Waals surface area contributed by atoms with Crippen molar-refractivity contribution in [3.05, 3.63) is 58.6 Å². The first-order valence-corrected chi connectivity index (χ1v) is 6.19. The normalized spacial score (nSPS) is 12.0. The van der Waals surface area contributed by atoms with E-state index in [1.807, 2.05) is 12.1 Å². The fourth-order valence-electron chi connectivity index (χ4n) is 1.90. The Hall–Kier alpha value is -1.71. The predicted octanol–water partition coefficient (Wildman–Crippen LogP) is 3.44. The third kappa shape index (κ3) is 2.83. The van der Waals surface area contributed by atoms with Crippen LogP contribution < -0.4 is 9.47 Å². The first-order valence-electron chi connectivity index (χ1n) is 5.81. The highest BCUT2D eigenvalue weighted by Crippen LogP contribution is 2.34. The van der Waals surface area contributed by atoms with E-state index in [1.165, 1.54) is 0 Å². The van der Waals surface area contributed by atoms with Crippen molar-refractivity contribution in [3.8, 4) is 11.5 Å². The van der Waals surface area contributed by atoms with Crippen molar-refractivity contribution >= 4 is 11.6 Å². The van der Waals surface area contributed by atoms with E-state index in [1.54, 1.807) is 44.6 Å². The van der Waals surface area contributed by atoms with E-state index in [4.69, 9.17) is 21.1 Å². The van der Waals surface area contributed by atoms with Gasteiger partial charge in [-0.25, -0.2) is 0 Å². The topological polar surface area (TPSA) is 38.7 Å². The van der Waals surface area contributed by atoms with Crippen LogP contribution in [0.25, 0.3) is 0 Å². The molecule has 19 heavy (non-hydrogen) atoms. The third-order valence-corrected chi connectivity index (χ3v) is 3.27. The molecular formula is C15H15ClO3. The number of benzene rings is 2. The van der Waals surface area contributed by atoms with Crippen LogP contribution in [0.3, 0.4) is 0 Å². The van der Waals surface area contributed by atoms with E-state index in [-0.39, 0.29) is 0 Å². The number of aliphatic hydroxyl groups excluding tert-OH is 1. The molecule has 1 N–H and O–H groups in total. The molecular weight excluding hydrogens is 264 g/mol. The van der Waals surface area contributed by atoms with E-state index < -0.39 is 6.10 Å². The lowest BCUT2D eigenvalue weighted by atomic mass is 10.0. The average molecular weight is 279 g/mol. The second-order valence-electron chi connectivity index (χ2n) is 4.04. The van der Waals surface area contributed by atoms with Crippen LogP contribution in [0, 0.1) is 0 Å². The number of methoxy groups -OCH3 is 2. The predicted molar refractivity (Wildman–Crippen MR) is 75.1 cm³/mol. The van der Waals surface area contributed by atoms with Crippen LogP contribution in [0.5, 0.6) is 11.5 Å². The summed E-state index contributed by atoms with van der Waals surface area (Å²) < 4.78 is 10.4. The highest BCUT2D eigenvalue weighted by atomic mass is 35.5. The summed E-state index contributed by atoms with van der Waals surface area (Å²) >= 11 is 6.09. The first kappa shape index (κ1) is 13.7. The van der Waals surface area contributed by atoms with Crippen LogP contribution in [0.2, 0.25) is 5.02 Å². The minimum Gasteiger partial charge on any atom is -0.493 e. The van der Waals surface area contributed by atoms with Crippen LogP contribution in [-0.2, 0) is 0 Å². The summed E-state index contributed by atoms with van der Waals surface area (Å²) in [6.07, 6.45) is -0.798. The van der Waals surface area contributed by atoms with Gasteiger partial charge in [0.1, 0.15) is 6.10 Å². The van der Waals surface area contributed by atoms with Gasteiger partial charge in [-0.05, 0) is 23.8 Å². The van der Waals surface area contributed by atoms with E-state index >= 15 is 0 Å². The van der Waals surface area contributed by atoms with E-state index in [9.17, 15) is 5.11 Å². The SMILES string of the molecule is COc1ccc(C(O)c2ccccc2Cl)cc1OC. The van der Waals surface area contributed by atoms with E-state index in [0.717, 1.165) is 0 Å². The Morgan fingerprint density at radius 3 is 2.32 bits per heavy atom. The zero-order valence-electron chi connectivity index (χ0n) is 10.8. The molecule has 0 aliphatic rings. The van der Waals surface area contributed by atoms with Gasteiger partial charge in [0.25, 0.3) is 0 Å². The Bertz CT molecular complexity index is 569. The molecule has 0 saturated carbocycles. The zero-order chi connectivity index (χ0) is 13.8. The molecule has 0 spiro atoms. The van der Waals surface area contributed by atoms with Crippen LogP contribution in [0.4, 0.5) is 0 Å². The first-order chi connectivity index (χ1) is 9.17. The molecule has 4 heteroatoms. The van der Waals surface area contributed by atoms with Gasteiger partial charge in [-0.1, -0.05) is 35.9 Å². The van der Waals surface area contributed by atoms with Gasteiger partial charge in [0, 0.05) is 10.6 Å². The Morgan fingerprint density at radius 2 is 1.68 bits per heavy atom. The van der Waals surface area contributed by atoms with E-state index in [0.29, 0.717) is 27.6 Å². The lowest BCUT2D eigenvalue weighted by Crippen LogP contribution is -2.01. The second kappa shape index (κ2) is 5.95. The largest absolute Gasteiger partial charge is 0.493 e. The summed E-state index contributed by atoms with van der Waals surface area (Å²) in [6, 6.07) is 12.5. The molecule has 1 unspecified atom stereocenters. The van der Waals surface area contributed by atoms with Crippen molar-refractivity contribution in [1.82, 2.24) is 0 Å². The smallest absolute Gasteiger partial charge is 0.161 e. The Balaban J connectivity index is 2.39.